The summed E-state index contributed by atoms with van der Waals surface area (Å²) >= 11 is 0. The van der Waals surface area contributed by atoms with E-state index in [9.17, 15) is 0 Å². The Labute approximate surface area is 118 Å². The SMILES string of the molecule is CCc1nc(-c2ccc3c(c2)OCCO3)c(N)n1CC. The second-order valence-electron chi connectivity index (χ2n) is 4.72. The van der Waals surface area contributed by atoms with Crippen LogP contribution in [-0.4, -0.2) is 22.8 Å². The van der Waals surface area contributed by atoms with Gasteiger partial charge in [-0.15, -0.1) is 0 Å². The van der Waals surface area contributed by atoms with Crippen molar-refractivity contribution in [1.29, 1.82) is 0 Å². The maximum absolute atomic E-state index is 6.23. The molecular weight excluding hydrogens is 254 g/mol. The average molecular weight is 273 g/mol. The number of benzene rings is 1. The molecule has 2 N–H and O–H groups in total. The molecular formula is C15H19N3O2. The van der Waals surface area contributed by atoms with Gasteiger partial charge in [0, 0.05) is 18.5 Å². The van der Waals surface area contributed by atoms with Crippen LogP contribution < -0.4 is 15.2 Å². The summed E-state index contributed by atoms with van der Waals surface area (Å²) < 4.78 is 13.2. The maximum atomic E-state index is 6.23. The number of imidazole rings is 1. The number of aromatic nitrogens is 2. The Morgan fingerprint density at radius 1 is 1.20 bits per heavy atom. The highest BCUT2D eigenvalue weighted by atomic mass is 16.6. The highest BCUT2D eigenvalue weighted by Gasteiger charge is 2.17. The van der Waals surface area contributed by atoms with Gasteiger partial charge in [0.15, 0.2) is 11.5 Å². The number of ether oxygens (including phenoxy) is 2. The molecule has 0 fully saturated rings. The highest BCUT2D eigenvalue weighted by Crippen LogP contribution is 2.36. The molecule has 1 aromatic carbocycles. The van der Waals surface area contributed by atoms with Crippen LogP contribution >= 0.6 is 0 Å². The second-order valence-corrected chi connectivity index (χ2v) is 4.72. The minimum Gasteiger partial charge on any atom is -0.486 e. The standard InChI is InChI=1S/C15H19N3O2/c1-3-13-17-14(15(16)18(13)4-2)10-5-6-11-12(9-10)20-8-7-19-11/h5-6,9H,3-4,7-8,16H2,1-2H3. The first-order chi connectivity index (χ1) is 9.74. The van der Waals surface area contributed by atoms with Crippen LogP contribution in [0.3, 0.4) is 0 Å². The van der Waals surface area contributed by atoms with Crippen LogP contribution in [-0.2, 0) is 13.0 Å². The lowest BCUT2D eigenvalue weighted by atomic mass is 10.1. The first-order valence-corrected chi connectivity index (χ1v) is 6.99. The van der Waals surface area contributed by atoms with E-state index >= 15 is 0 Å². The summed E-state index contributed by atoms with van der Waals surface area (Å²) in [4.78, 5) is 4.66. The summed E-state index contributed by atoms with van der Waals surface area (Å²) in [5, 5.41) is 0. The molecule has 0 bridgehead atoms. The van der Waals surface area contributed by atoms with E-state index in [0.717, 1.165) is 41.5 Å². The molecule has 20 heavy (non-hydrogen) atoms. The molecule has 1 aromatic heterocycles. The van der Waals surface area contributed by atoms with E-state index in [-0.39, 0.29) is 0 Å². The van der Waals surface area contributed by atoms with Crippen molar-refractivity contribution in [2.45, 2.75) is 26.8 Å². The van der Waals surface area contributed by atoms with Crippen molar-refractivity contribution < 1.29 is 9.47 Å². The van der Waals surface area contributed by atoms with E-state index in [4.69, 9.17) is 15.2 Å². The molecule has 2 aromatic rings. The molecule has 5 heteroatoms. The third kappa shape index (κ3) is 1.99. The van der Waals surface area contributed by atoms with Gasteiger partial charge in [-0.1, -0.05) is 6.92 Å². The fraction of sp³-hybridized carbons (Fsp3) is 0.400. The van der Waals surface area contributed by atoms with Gasteiger partial charge in [-0.25, -0.2) is 4.98 Å². The Morgan fingerprint density at radius 2 is 1.95 bits per heavy atom. The molecule has 1 aliphatic rings. The van der Waals surface area contributed by atoms with Gasteiger partial charge in [-0.2, -0.15) is 0 Å². The van der Waals surface area contributed by atoms with Gasteiger partial charge in [0.25, 0.3) is 0 Å². The number of hydrogen-bond acceptors (Lipinski definition) is 4. The van der Waals surface area contributed by atoms with Crippen molar-refractivity contribution in [3.63, 3.8) is 0 Å². The van der Waals surface area contributed by atoms with Gasteiger partial charge in [0.1, 0.15) is 30.5 Å². The van der Waals surface area contributed by atoms with Crippen molar-refractivity contribution in [3.8, 4) is 22.8 Å². The molecule has 2 heterocycles. The van der Waals surface area contributed by atoms with E-state index < -0.39 is 0 Å². The summed E-state index contributed by atoms with van der Waals surface area (Å²) in [6.07, 6.45) is 0.864. The van der Waals surface area contributed by atoms with Crippen LogP contribution in [0.1, 0.15) is 19.7 Å². The Bertz CT molecular complexity index is 634. The molecule has 5 nitrogen and oxygen atoms in total. The Kier molecular flexibility index (Phi) is 3.26. The normalized spacial score (nSPS) is 13.5. The third-order valence-corrected chi connectivity index (χ3v) is 3.53. The molecule has 0 atom stereocenters. The molecule has 0 unspecified atom stereocenters. The monoisotopic (exact) mass is 273 g/mol. The number of nitrogen functional groups attached to an aromatic ring is 1. The zero-order chi connectivity index (χ0) is 14.1. The third-order valence-electron chi connectivity index (χ3n) is 3.53. The van der Waals surface area contributed by atoms with Crippen molar-refractivity contribution in [3.05, 3.63) is 24.0 Å². The van der Waals surface area contributed by atoms with Crippen molar-refractivity contribution >= 4 is 5.82 Å². The largest absolute Gasteiger partial charge is 0.486 e. The molecule has 0 radical (unpaired) electrons. The van der Waals surface area contributed by atoms with E-state index in [1.54, 1.807) is 0 Å². The first kappa shape index (κ1) is 12.8. The van der Waals surface area contributed by atoms with Crippen molar-refractivity contribution in [2.75, 3.05) is 18.9 Å². The Balaban J connectivity index is 2.07. The smallest absolute Gasteiger partial charge is 0.162 e. The van der Waals surface area contributed by atoms with Crippen molar-refractivity contribution in [1.82, 2.24) is 9.55 Å². The number of nitrogens with two attached hydrogens (primary N) is 1. The Morgan fingerprint density at radius 3 is 2.60 bits per heavy atom. The van der Waals surface area contributed by atoms with Gasteiger partial charge in [0.05, 0.1) is 0 Å². The summed E-state index contributed by atoms with van der Waals surface area (Å²) in [7, 11) is 0. The van der Waals surface area contributed by atoms with Crippen LogP contribution in [0.4, 0.5) is 5.82 Å². The predicted octanol–water partition coefficient (Wildman–Crippen LogP) is 2.49. The highest BCUT2D eigenvalue weighted by molar-refractivity contribution is 5.73. The molecule has 106 valence electrons. The lowest BCUT2D eigenvalue weighted by Crippen LogP contribution is -2.15. The van der Waals surface area contributed by atoms with Crippen LogP contribution in [0.5, 0.6) is 11.5 Å². The molecule has 3 rings (SSSR count). The minimum atomic E-state index is 0.579. The molecule has 0 amide bonds. The Hall–Kier alpha value is -2.17. The summed E-state index contributed by atoms with van der Waals surface area (Å²) in [5.74, 6) is 3.26. The maximum Gasteiger partial charge on any atom is 0.162 e. The number of hydrogen-bond donors (Lipinski definition) is 1. The molecule has 0 aliphatic carbocycles. The van der Waals surface area contributed by atoms with Crippen LogP contribution in [0.15, 0.2) is 18.2 Å². The number of fused-ring (bicyclic) bond motifs is 1. The number of rotatable bonds is 3. The summed E-state index contributed by atoms with van der Waals surface area (Å²) in [5.41, 5.74) is 8.01. The number of anilines is 1. The van der Waals surface area contributed by atoms with Gasteiger partial charge < -0.3 is 19.8 Å². The van der Waals surface area contributed by atoms with Gasteiger partial charge in [0.2, 0.25) is 0 Å². The zero-order valence-corrected chi connectivity index (χ0v) is 11.8. The van der Waals surface area contributed by atoms with E-state index in [0.29, 0.717) is 19.0 Å². The quantitative estimate of drug-likeness (QED) is 0.933. The lowest BCUT2D eigenvalue weighted by Gasteiger charge is -2.18. The molecule has 0 saturated heterocycles. The van der Waals surface area contributed by atoms with Crippen LogP contribution in [0.25, 0.3) is 11.3 Å². The molecule has 0 spiro atoms. The zero-order valence-electron chi connectivity index (χ0n) is 11.8. The minimum absolute atomic E-state index is 0.579. The second kappa shape index (κ2) is 5.07. The number of nitrogens with zero attached hydrogens (tertiary/aromatic N) is 2. The first-order valence-electron chi connectivity index (χ1n) is 6.99. The summed E-state index contributed by atoms with van der Waals surface area (Å²) in [6, 6.07) is 5.85. The van der Waals surface area contributed by atoms with Gasteiger partial charge in [-0.05, 0) is 25.1 Å². The van der Waals surface area contributed by atoms with E-state index in [1.807, 2.05) is 22.8 Å². The fourth-order valence-electron chi connectivity index (χ4n) is 2.54. The van der Waals surface area contributed by atoms with Gasteiger partial charge >= 0.3 is 0 Å². The average Bonchev–Trinajstić information content (AvgIpc) is 2.82. The number of aryl methyl sites for hydroxylation is 1. The topological polar surface area (TPSA) is 62.3 Å². The predicted molar refractivity (Wildman–Crippen MR) is 78.1 cm³/mol. The van der Waals surface area contributed by atoms with Crippen LogP contribution in [0, 0.1) is 0 Å². The van der Waals surface area contributed by atoms with Crippen LogP contribution in [0.2, 0.25) is 0 Å². The fourth-order valence-corrected chi connectivity index (χ4v) is 2.54. The van der Waals surface area contributed by atoms with Crippen molar-refractivity contribution in [2.24, 2.45) is 0 Å². The van der Waals surface area contributed by atoms with E-state index in [1.165, 1.54) is 0 Å². The van der Waals surface area contributed by atoms with E-state index in [2.05, 4.69) is 18.8 Å². The summed E-state index contributed by atoms with van der Waals surface area (Å²) in [6.45, 7) is 6.16. The van der Waals surface area contributed by atoms with Gasteiger partial charge in [-0.3, -0.25) is 0 Å². The molecule has 1 aliphatic heterocycles. The molecule has 0 saturated carbocycles. The lowest BCUT2D eigenvalue weighted by molar-refractivity contribution is 0.171.